The van der Waals surface area contributed by atoms with E-state index in [0.29, 0.717) is 17.3 Å². The summed E-state index contributed by atoms with van der Waals surface area (Å²) in [7, 11) is 0. The highest BCUT2D eigenvalue weighted by Crippen LogP contribution is 2.31. The zero-order chi connectivity index (χ0) is 19.7. The number of aromatic nitrogens is 2. The molecule has 1 N–H and O–H groups in total. The van der Waals surface area contributed by atoms with E-state index in [9.17, 15) is 9.18 Å². The molecule has 0 fully saturated rings. The molecule has 142 valence electrons. The molecule has 0 aliphatic rings. The second-order valence-corrected chi connectivity index (χ2v) is 7.31. The third-order valence-corrected chi connectivity index (χ3v) is 5.08. The van der Waals surface area contributed by atoms with Crippen LogP contribution in [-0.2, 0) is 4.79 Å². The summed E-state index contributed by atoms with van der Waals surface area (Å²) < 4.78 is 20.8. The Morgan fingerprint density at radius 1 is 1.18 bits per heavy atom. The highest BCUT2D eigenvalue weighted by molar-refractivity contribution is 7.15. The van der Waals surface area contributed by atoms with Crippen LogP contribution in [0.25, 0.3) is 16.2 Å². The molecular formula is C21H18FN3O2S. The Labute approximate surface area is 165 Å². The molecule has 1 unspecified atom stereocenters. The average Bonchev–Trinajstić information content (AvgIpc) is 3.27. The summed E-state index contributed by atoms with van der Waals surface area (Å²) in [6, 6.07) is 13.6. The van der Waals surface area contributed by atoms with Crippen molar-refractivity contribution in [2.45, 2.75) is 20.0 Å². The number of carbonyl (C=O) groups excluding carboxylic acids is 1. The van der Waals surface area contributed by atoms with Gasteiger partial charge in [-0.1, -0.05) is 17.7 Å². The van der Waals surface area contributed by atoms with Gasteiger partial charge in [0.1, 0.15) is 23.1 Å². The summed E-state index contributed by atoms with van der Waals surface area (Å²) >= 11 is 1.45. The topological polar surface area (TPSA) is 55.6 Å². The van der Waals surface area contributed by atoms with Crippen molar-refractivity contribution in [3.63, 3.8) is 0 Å². The molecule has 1 amide bonds. The Morgan fingerprint density at radius 2 is 1.89 bits per heavy atom. The largest absolute Gasteiger partial charge is 0.481 e. The Balaban J connectivity index is 1.60. The number of carbonyl (C=O) groups is 1. The van der Waals surface area contributed by atoms with E-state index >= 15 is 0 Å². The molecule has 4 rings (SSSR count). The number of thiazole rings is 1. The first kappa shape index (κ1) is 18.2. The van der Waals surface area contributed by atoms with Crippen molar-refractivity contribution in [1.29, 1.82) is 0 Å². The summed E-state index contributed by atoms with van der Waals surface area (Å²) in [5.41, 5.74) is 2.43. The number of aryl methyl sites for hydroxylation is 1. The summed E-state index contributed by atoms with van der Waals surface area (Å²) in [5, 5.41) is 4.80. The quantitative estimate of drug-likeness (QED) is 0.522. The SMILES string of the molecule is Cc1ccc(OC(C)C(=O)Nc2c(-c3ccc(F)cc3)nc3sccn23)cc1. The lowest BCUT2D eigenvalue weighted by Gasteiger charge is -2.15. The van der Waals surface area contributed by atoms with Crippen LogP contribution >= 0.6 is 11.3 Å². The molecule has 0 spiro atoms. The number of ether oxygens (including phenoxy) is 1. The van der Waals surface area contributed by atoms with E-state index in [2.05, 4.69) is 10.3 Å². The molecule has 4 aromatic rings. The predicted molar refractivity (Wildman–Crippen MR) is 108 cm³/mol. The van der Waals surface area contributed by atoms with Crippen LogP contribution < -0.4 is 10.1 Å². The fourth-order valence-corrected chi connectivity index (χ4v) is 3.52. The number of hydrogen-bond acceptors (Lipinski definition) is 4. The fraction of sp³-hybridized carbons (Fsp3) is 0.143. The zero-order valence-corrected chi connectivity index (χ0v) is 16.2. The maximum absolute atomic E-state index is 13.3. The second-order valence-electron chi connectivity index (χ2n) is 6.43. The van der Waals surface area contributed by atoms with Crippen LogP contribution in [0.1, 0.15) is 12.5 Å². The number of benzene rings is 2. The summed E-state index contributed by atoms with van der Waals surface area (Å²) in [6.07, 6.45) is 1.13. The summed E-state index contributed by atoms with van der Waals surface area (Å²) in [6.45, 7) is 3.68. The molecule has 0 radical (unpaired) electrons. The molecule has 2 heterocycles. The number of rotatable bonds is 5. The summed E-state index contributed by atoms with van der Waals surface area (Å²) in [4.78, 5) is 18.1. The number of anilines is 1. The lowest BCUT2D eigenvalue weighted by molar-refractivity contribution is -0.122. The highest BCUT2D eigenvalue weighted by Gasteiger charge is 2.21. The maximum Gasteiger partial charge on any atom is 0.266 e. The standard InChI is InChI=1S/C21H18FN3O2S/c1-13-3-9-17(10-4-13)27-14(2)20(26)24-19-18(15-5-7-16(22)8-6-15)23-21-25(19)11-12-28-21/h3-12,14H,1-2H3,(H,24,26). The number of nitrogens with zero attached hydrogens (tertiary/aromatic N) is 2. The highest BCUT2D eigenvalue weighted by atomic mass is 32.1. The minimum absolute atomic E-state index is 0.295. The monoisotopic (exact) mass is 395 g/mol. The van der Waals surface area contributed by atoms with E-state index in [1.807, 2.05) is 42.8 Å². The molecule has 1 atom stereocenters. The third kappa shape index (κ3) is 3.61. The Kier molecular flexibility index (Phi) is 4.83. The molecule has 5 nitrogen and oxygen atoms in total. The molecule has 2 aromatic heterocycles. The Bertz CT molecular complexity index is 1120. The lowest BCUT2D eigenvalue weighted by Crippen LogP contribution is -2.30. The molecule has 0 aliphatic heterocycles. The minimum atomic E-state index is -0.701. The van der Waals surface area contributed by atoms with Crippen LogP contribution in [0.3, 0.4) is 0 Å². The van der Waals surface area contributed by atoms with Crippen LogP contribution in [-0.4, -0.2) is 21.4 Å². The maximum atomic E-state index is 13.3. The van der Waals surface area contributed by atoms with Crippen molar-refractivity contribution in [2.24, 2.45) is 0 Å². The van der Waals surface area contributed by atoms with Gasteiger partial charge in [0, 0.05) is 17.1 Å². The smallest absolute Gasteiger partial charge is 0.266 e. The molecule has 28 heavy (non-hydrogen) atoms. The first-order valence-corrected chi connectivity index (χ1v) is 9.65. The number of halogens is 1. The van der Waals surface area contributed by atoms with Gasteiger partial charge in [-0.15, -0.1) is 11.3 Å². The van der Waals surface area contributed by atoms with E-state index in [4.69, 9.17) is 4.74 Å². The number of hydrogen-bond donors (Lipinski definition) is 1. The number of fused-ring (bicyclic) bond motifs is 1. The molecule has 2 aromatic carbocycles. The minimum Gasteiger partial charge on any atom is -0.481 e. The molecule has 7 heteroatoms. The molecule has 0 saturated carbocycles. The van der Waals surface area contributed by atoms with Gasteiger partial charge in [0.05, 0.1) is 0 Å². The number of amides is 1. The summed E-state index contributed by atoms with van der Waals surface area (Å²) in [5.74, 6) is 0.542. The zero-order valence-electron chi connectivity index (χ0n) is 15.3. The molecule has 0 aliphatic carbocycles. The van der Waals surface area contributed by atoms with Gasteiger partial charge < -0.3 is 10.1 Å². The fourth-order valence-electron chi connectivity index (χ4n) is 2.81. The number of imidazole rings is 1. The van der Waals surface area contributed by atoms with Crippen molar-refractivity contribution in [1.82, 2.24) is 9.38 Å². The van der Waals surface area contributed by atoms with Gasteiger partial charge >= 0.3 is 0 Å². The first-order chi connectivity index (χ1) is 13.5. The Hall–Kier alpha value is -3.19. The van der Waals surface area contributed by atoms with Crippen molar-refractivity contribution in [3.05, 3.63) is 71.5 Å². The normalized spacial score (nSPS) is 12.1. The van der Waals surface area contributed by atoms with Crippen LogP contribution in [0.5, 0.6) is 5.75 Å². The average molecular weight is 395 g/mol. The van der Waals surface area contributed by atoms with E-state index in [1.54, 1.807) is 23.5 Å². The van der Waals surface area contributed by atoms with Crippen LogP contribution in [0.15, 0.2) is 60.1 Å². The van der Waals surface area contributed by atoms with Crippen LogP contribution in [0.4, 0.5) is 10.2 Å². The van der Waals surface area contributed by atoms with E-state index < -0.39 is 6.10 Å². The molecule has 0 saturated heterocycles. The van der Waals surface area contributed by atoms with Crippen molar-refractivity contribution in [2.75, 3.05) is 5.32 Å². The van der Waals surface area contributed by atoms with Gasteiger partial charge in [-0.2, -0.15) is 0 Å². The number of nitrogens with one attached hydrogen (secondary N) is 1. The van der Waals surface area contributed by atoms with Gasteiger partial charge in [0.2, 0.25) is 0 Å². The van der Waals surface area contributed by atoms with E-state index in [1.165, 1.54) is 23.5 Å². The first-order valence-electron chi connectivity index (χ1n) is 8.77. The van der Waals surface area contributed by atoms with Gasteiger partial charge in [-0.05, 0) is 50.2 Å². The van der Waals surface area contributed by atoms with E-state index in [0.717, 1.165) is 16.1 Å². The molecule has 0 bridgehead atoms. The van der Waals surface area contributed by atoms with Crippen molar-refractivity contribution >= 4 is 28.0 Å². The van der Waals surface area contributed by atoms with Crippen LogP contribution in [0, 0.1) is 12.7 Å². The lowest BCUT2D eigenvalue weighted by atomic mass is 10.1. The van der Waals surface area contributed by atoms with Gasteiger partial charge in [-0.3, -0.25) is 9.20 Å². The van der Waals surface area contributed by atoms with Gasteiger partial charge in [0.25, 0.3) is 5.91 Å². The van der Waals surface area contributed by atoms with E-state index in [-0.39, 0.29) is 11.7 Å². The third-order valence-electron chi connectivity index (χ3n) is 4.32. The van der Waals surface area contributed by atoms with Crippen molar-refractivity contribution in [3.8, 4) is 17.0 Å². The van der Waals surface area contributed by atoms with Gasteiger partial charge in [0.15, 0.2) is 11.1 Å². The van der Waals surface area contributed by atoms with Crippen LogP contribution in [0.2, 0.25) is 0 Å². The second kappa shape index (κ2) is 7.44. The van der Waals surface area contributed by atoms with Gasteiger partial charge in [-0.25, -0.2) is 9.37 Å². The van der Waals surface area contributed by atoms with Crippen molar-refractivity contribution < 1.29 is 13.9 Å². The Morgan fingerprint density at radius 3 is 2.61 bits per heavy atom. The molecular weight excluding hydrogens is 377 g/mol. The predicted octanol–water partition coefficient (Wildman–Crippen LogP) is 4.92.